The van der Waals surface area contributed by atoms with Crippen molar-refractivity contribution in [2.75, 3.05) is 0 Å². The van der Waals surface area contributed by atoms with Gasteiger partial charge in [-0.25, -0.2) is 4.79 Å². The summed E-state index contributed by atoms with van der Waals surface area (Å²) in [5.41, 5.74) is -0.663. The second-order valence-electron chi connectivity index (χ2n) is 6.91. The molecule has 4 nitrogen and oxygen atoms in total. The first kappa shape index (κ1) is 13.8. The van der Waals surface area contributed by atoms with Crippen LogP contribution in [0, 0.1) is 11.8 Å². The Morgan fingerprint density at radius 3 is 2.40 bits per heavy atom. The second-order valence-corrected chi connectivity index (χ2v) is 6.91. The summed E-state index contributed by atoms with van der Waals surface area (Å²) >= 11 is 0. The fraction of sp³-hybridized carbons (Fsp3) is 0.750. The van der Waals surface area contributed by atoms with Crippen LogP contribution in [0.25, 0.3) is 0 Å². The van der Waals surface area contributed by atoms with Gasteiger partial charge in [0.25, 0.3) is 0 Å². The van der Waals surface area contributed by atoms with Crippen LogP contribution in [0.15, 0.2) is 12.7 Å². The molecule has 4 aliphatic carbocycles. The van der Waals surface area contributed by atoms with E-state index in [1.165, 1.54) is 12.5 Å². The molecule has 0 amide bonds. The van der Waals surface area contributed by atoms with Crippen LogP contribution in [-0.2, 0) is 19.1 Å². The van der Waals surface area contributed by atoms with Gasteiger partial charge in [-0.05, 0) is 50.9 Å². The Labute approximate surface area is 119 Å². The third-order valence-corrected chi connectivity index (χ3v) is 5.07. The van der Waals surface area contributed by atoms with Crippen molar-refractivity contribution < 1.29 is 19.1 Å². The average Bonchev–Trinajstić information content (AvgIpc) is 2.35. The first-order valence-corrected chi connectivity index (χ1v) is 7.47. The summed E-state index contributed by atoms with van der Waals surface area (Å²) in [6.45, 7) is 5.27. The molecule has 20 heavy (non-hydrogen) atoms. The van der Waals surface area contributed by atoms with E-state index in [0.29, 0.717) is 11.8 Å². The van der Waals surface area contributed by atoms with Crippen LogP contribution in [-0.4, -0.2) is 29.6 Å². The maximum Gasteiger partial charge on any atom is 0.330 e. The van der Waals surface area contributed by atoms with Gasteiger partial charge in [0.2, 0.25) is 0 Å². The molecule has 4 fully saturated rings. The number of aldehydes is 1. The van der Waals surface area contributed by atoms with E-state index in [1.807, 2.05) is 0 Å². The van der Waals surface area contributed by atoms with E-state index in [9.17, 15) is 9.59 Å². The van der Waals surface area contributed by atoms with Gasteiger partial charge in [0, 0.05) is 12.5 Å². The van der Waals surface area contributed by atoms with Crippen LogP contribution < -0.4 is 0 Å². The Morgan fingerprint density at radius 1 is 1.25 bits per heavy atom. The van der Waals surface area contributed by atoms with E-state index < -0.39 is 11.7 Å². The highest BCUT2D eigenvalue weighted by Gasteiger charge is 2.60. The Balaban J connectivity index is 1.83. The van der Waals surface area contributed by atoms with Gasteiger partial charge >= 0.3 is 5.97 Å². The summed E-state index contributed by atoms with van der Waals surface area (Å²) < 4.78 is 11.8. The predicted molar refractivity (Wildman–Crippen MR) is 73.0 cm³/mol. The second kappa shape index (κ2) is 4.69. The smallest absolute Gasteiger partial charge is 0.330 e. The zero-order valence-electron chi connectivity index (χ0n) is 12.0. The highest BCUT2D eigenvalue weighted by atomic mass is 16.6. The number of hydrogen-bond donors (Lipinski definition) is 0. The van der Waals surface area contributed by atoms with E-state index in [1.54, 1.807) is 6.92 Å². The predicted octanol–water partition coefficient (Wildman–Crippen LogP) is 2.41. The average molecular weight is 278 g/mol. The van der Waals surface area contributed by atoms with Crippen LogP contribution >= 0.6 is 0 Å². The van der Waals surface area contributed by atoms with E-state index in [2.05, 4.69) is 6.58 Å². The summed E-state index contributed by atoms with van der Waals surface area (Å²) in [5, 5.41) is 0. The molecule has 0 spiro atoms. The number of hydrogen-bond acceptors (Lipinski definition) is 4. The number of ether oxygens (including phenoxy) is 2. The molecule has 0 aromatic carbocycles. The molecule has 0 saturated heterocycles. The molecule has 0 N–H and O–H groups in total. The number of esters is 1. The minimum absolute atomic E-state index is 0.272. The lowest BCUT2D eigenvalue weighted by atomic mass is 9.52. The quantitative estimate of drug-likeness (QED) is 0.440. The molecule has 110 valence electrons. The molecule has 3 unspecified atom stereocenters. The highest BCUT2D eigenvalue weighted by Crippen LogP contribution is 2.60. The molecule has 0 heterocycles. The Kier molecular flexibility index (Phi) is 3.24. The van der Waals surface area contributed by atoms with Crippen molar-refractivity contribution >= 4 is 12.3 Å². The highest BCUT2D eigenvalue weighted by molar-refractivity contribution is 5.81. The normalized spacial score (nSPS) is 43.0. The molecule has 0 radical (unpaired) electrons. The first-order valence-electron chi connectivity index (χ1n) is 7.47. The minimum Gasteiger partial charge on any atom is -0.456 e. The molecule has 0 aromatic rings. The molecule has 4 rings (SSSR count). The van der Waals surface area contributed by atoms with Crippen molar-refractivity contribution in [2.24, 2.45) is 11.8 Å². The third-order valence-electron chi connectivity index (χ3n) is 5.07. The zero-order valence-corrected chi connectivity index (χ0v) is 12.0. The summed E-state index contributed by atoms with van der Waals surface area (Å²) in [4.78, 5) is 22.6. The SMILES string of the molecule is C=CC(=O)OC12CC3CC(C1)CC(OC(C)C=O)(C3)C2. The number of rotatable bonds is 5. The van der Waals surface area contributed by atoms with Crippen LogP contribution in [0.3, 0.4) is 0 Å². The van der Waals surface area contributed by atoms with Gasteiger partial charge in [-0.15, -0.1) is 0 Å². The zero-order chi connectivity index (χ0) is 14.4. The van der Waals surface area contributed by atoms with Gasteiger partial charge in [-0.2, -0.15) is 0 Å². The Morgan fingerprint density at radius 2 is 1.85 bits per heavy atom. The van der Waals surface area contributed by atoms with Crippen LogP contribution in [0.4, 0.5) is 0 Å². The molecular weight excluding hydrogens is 256 g/mol. The van der Waals surface area contributed by atoms with Gasteiger partial charge < -0.3 is 14.3 Å². The maximum absolute atomic E-state index is 11.6. The molecule has 0 aliphatic heterocycles. The molecule has 0 aromatic heterocycles. The molecule has 4 bridgehead atoms. The summed E-state index contributed by atoms with van der Waals surface area (Å²) in [5.74, 6) is 0.756. The maximum atomic E-state index is 11.6. The largest absolute Gasteiger partial charge is 0.456 e. The van der Waals surface area contributed by atoms with Crippen molar-refractivity contribution in [3.05, 3.63) is 12.7 Å². The molecule has 3 atom stereocenters. The molecular formula is C16H22O4. The third kappa shape index (κ3) is 2.30. The van der Waals surface area contributed by atoms with Crippen molar-refractivity contribution in [3.63, 3.8) is 0 Å². The summed E-state index contributed by atoms with van der Waals surface area (Å²) in [7, 11) is 0. The molecule has 4 aliphatic rings. The van der Waals surface area contributed by atoms with E-state index >= 15 is 0 Å². The van der Waals surface area contributed by atoms with Crippen molar-refractivity contribution in [3.8, 4) is 0 Å². The van der Waals surface area contributed by atoms with E-state index in [-0.39, 0.29) is 11.6 Å². The number of carbonyl (C=O) groups is 2. The Bertz CT molecular complexity index is 428. The van der Waals surface area contributed by atoms with Crippen LogP contribution in [0.5, 0.6) is 0 Å². The van der Waals surface area contributed by atoms with Crippen LogP contribution in [0.2, 0.25) is 0 Å². The molecule has 4 heteroatoms. The van der Waals surface area contributed by atoms with E-state index in [0.717, 1.165) is 38.4 Å². The standard InChI is InChI=1S/C16H22O4/c1-3-14(18)20-16-7-12-4-13(8-16)6-15(5-12,10-16)19-11(2)9-17/h3,9,11-13H,1,4-8,10H2,2H3. The van der Waals surface area contributed by atoms with Crippen molar-refractivity contribution in [1.29, 1.82) is 0 Å². The van der Waals surface area contributed by atoms with Crippen molar-refractivity contribution in [1.82, 2.24) is 0 Å². The topological polar surface area (TPSA) is 52.6 Å². The fourth-order valence-electron chi connectivity index (χ4n) is 5.03. The number of carbonyl (C=O) groups excluding carboxylic acids is 2. The minimum atomic E-state index is -0.391. The first-order chi connectivity index (χ1) is 9.48. The van der Waals surface area contributed by atoms with Gasteiger partial charge in [0.05, 0.1) is 5.60 Å². The fourth-order valence-corrected chi connectivity index (χ4v) is 5.03. The lowest BCUT2D eigenvalue weighted by molar-refractivity contribution is -0.238. The Hall–Kier alpha value is -1.16. The van der Waals surface area contributed by atoms with Gasteiger partial charge in [-0.1, -0.05) is 6.58 Å². The lowest BCUT2D eigenvalue weighted by Crippen LogP contribution is -2.62. The van der Waals surface area contributed by atoms with Crippen molar-refractivity contribution in [2.45, 2.75) is 62.8 Å². The summed E-state index contributed by atoms with van der Waals surface area (Å²) in [6, 6.07) is 0. The van der Waals surface area contributed by atoms with Gasteiger partial charge in [0.15, 0.2) is 0 Å². The summed E-state index contributed by atoms with van der Waals surface area (Å²) in [6.07, 6.45) is 7.48. The monoisotopic (exact) mass is 278 g/mol. The van der Waals surface area contributed by atoms with Gasteiger partial charge in [-0.3, -0.25) is 0 Å². The molecule has 4 saturated carbocycles. The van der Waals surface area contributed by atoms with Crippen LogP contribution in [0.1, 0.15) is 45.4 Å². The lowest BCUT2D eigenvalue weighted by Gasteiger charge is -2.60. The van der Waals surface area contributed by atoms with Gasteiger partial charge in [0.1, 0.15) is 18.0 Å². The van der Waals surface area contributed by atoms with E-state index in [4.69, 9.17) is 9.47 Å².